The van der Waals surface area contributed by atoms with Crippen molar-refractivity contribution in [2.24, 2.45) is 11.3 Å². The highest BCUT2D eigenvalue weighted by atomic mass is 16.5. The minimum atomic E-state index is 0.0755. The topological polar surface area (TPSA) is 68.8 Å². The molecule has 0 bridgehead atoms. The summed E-state index contributed by atoms with van der Waals surface area (Å²) in [6, 6.07) is 1.82. The predicted octanol–water partition coefficient (Wildman–Crippen LogP) is 1.59. The van der Waals surface area contributed by atoms with Crippen molar-refractivity contribution in [2.45, 2.75) is 25.7 Å². The summed E-state index contributed by atoms with van der Waals surface area (Å²) in [4.78, 5) is 20.0. The van der Waals surface area contributed by atoms with Gasteiger partial charge in [-0.05, 0) is 50.3 Å². The Bertz CT molecular complexity index is 538. The van der Waals surface area contributed by atoms with Crippen LogP contribution < -0.4 is 0 Å². The zero-order valence-electron chi connectivity index (χ0n) is 15.2. The van der Waals surface area contributed by atoms with Crippen LogP contribution in [0.2, 0.25) is 0 Å². The average Bonchev–Trinajstić information content (AvgIpc) is 3.18. The molecule has 3 rings (SSSR count). The molecular formula is C19H31N3O3. The molecule has 6 heteroatoms. The number of H-pyrrole nitrogens is 1. The molecule has 25 heavy (non-hydrogen) atoms. The van der Waals surface area contributed by atoms with E-state index in [2.05, 4.69) is 9.88 Å². The summed E-state index contributed by atoms with van der Waals surface area (Å²) in [5.74, 6) is 0.261. The third-order valence-corrected chi connectivity index (χ3v) is 6.21. The van der Waals surface area contributed by atoms with Crippen LogP contribution in [0.15, 0.2) is 18.5 Å². The van der Waals surface area contributed by atoms with Crippen LogP contribution in [0.4, 0.5) is 0 Å². The maximum absolute atomic E-state index is 12.6. The minimum absolute atomic E-state index is 0.0755. The first-order valence-corrected chi connectivity index (χ1v) is 9.43. The van der Waals surface area contributed by atoms with Gasteiger partial charge >= 0.3 is 0 Å². The number of ether oxygens (including phenoxy) is 1. The van der Waals surface area contributed by atoms with Gasteiger partial charge in [-0.3, -0.25) is 4.79 Å². The number of carbonyl (C=O) groups excluding carboxylic acids is 1. The number of aliphatic hydroxyl groups excluding tert-OH is 1. The van der Waals surface area contributed by atoms with Gasteiger partial charge in [0.15, 0.2) is 0 Å². The molecule has 0 aromatic carbocycles. The van der Waals surface area contributed by atoms with E-state index in [1.165, 1.54) is 0 Å². The molecule has 0 aliphatic carbocycles. The van der Waals surface area contributed by atoms with Crippen LogP contribution in [0.3, 0.4) is 0 Å². The second-order valence-corrected chi connectivity index (χ2v) is 7.53. The van der Waals surface area contributed by atoms with Crippen molar-refractivity contribution in [3.8, 4) is 0 Å². The second-order valence-electron chi connectivity index (χ2n) is 7.53. The van der Waals surface area contributed by atoms with Crippen molar-refractivity contribution in [1.29, 1.82) is 0 Å². The Morgan fingerprint density at radius 2 is 2.12 bits per heavy atom. The van der Waals surface area contributed by atoms with Gasteiger partial charge in [-0.15, -0.1) is 0 Å². The third kappa shape index (κ3) is 4.07. The molecule has 2 saturated heterocycles. The third-order valence-electron chi connectivity index (χ3n) is 6.21. The van der Waals surface area contributed by atoms with Gasteiger partial charge in [-0.25, -0.2) is 0 Å². The highest BCUT2D eigenvalue weighted by Crippen LogP contribution is 2.45. The maximum Gasteiger partial charge on any atom is 0.255 e. The Kier molecular flexibility index (Phi) is 6.15. The fourth-order valence-electron chi connectivity index (χ4n) is 4.50. The number of aromatic amines is 1. The molecule has 2 aliphatic rings. The molecule has 0 radical (unpaired) electrons. The van der Waals surface area contributed by atoms with Crippen molar-refractivity contribution < 1.29 is 14.6 Å². The number of likely N-dealkylation sites (tertiary alicyclic amines) is 2. The minimum Gasteiger partial charge on any atom is -0.396 e. The van der Waals surface area contributed by atoms with Crippen molar-refractivity contribution >= 4 is 5.91 Å². The number of hydrogen-bond acceptors (Lipinski definition) is 4. The smallest absolute Gasteiger partial charge is 0.255 e. The van der Waals surface area contributed by atoms with E-state index in [9.17, 15) is 9.90 Å². The summed E-state index contributed by atoms with van der Waals surface area (Å²) >= 11 is 0. The Morgan fingerprint density at radius 1 is 1.36 bits per heavy atom. The summed E-state index contributed by atoms with van der Waals surface area (Å²) in [5.41, 5.74) is 0.905. The number of nitrogens with one attached hydrogen (secondary N) is 1. The van der Waals surface area contributed by atoms with E-state index in [4.69, 9.17) is 4.74 Å². The van der Waals surface area contributed by atoms with E-state index in [-0.39, 0.29) is 23.8 Å². The molecule has 0 unspecified atom stereocenters. The highest BCUT2D eigenvalue weighted by Gasteiger charge is 2.45. The van der Waals surface area contributed by atoms with Crippen LogP contribution in [0.5, 0.6) is 0 Å². The number of aromatic nitrogens is 1. The molecule has 0 saturated carbocycles. The van der Waals surface area contributed by atoms with Gasteiger partial charge in [0.05, 0.1) is 5.56 Å². The van der Waals surface area contributed by atoms with Crippen LogP contribution in [0.25, 0.3) is 0 Å². The van der Waals surface area contributed by atoms with Gasteiger partial charge in [0.1, 0.15) is 0 Å². The van der Waals surface area contributed by atoms with Crippen molar-refractivity contribution in [3.63, 3.8) is 0 Å². The van der Waals surface area contributed by atoms with Gasteiger partial charge in [0, 0.05) is 58.3 Å². The Balaban J connectivity index is 1.56. The van der Waals surface area contributed by atoms with Gasteiger partial charge in [-0.2, -0.15) is 0 Å². The van der Waals surface area contributed by atoms with Gasteiger partial charge < -0.3 is 24.6 Å². The fraction of sp³-hybridized carbons (Fsp3) is 0.737. The molecule has 2 N–H and O–H groups in total. The molecule has 1 aromatic heterocycles. The van der Waals surface area contributed by atoms with Crippen molar-refractivity contribution in [2.75, 3.05) is 53.0 Å². The molecule has 3 heterocycles. The van der Waals surface area contributed by atoms with Crippen LogP contribution in [-0.2, 0) is 4.74 Å². The van der Waals surface area contributed by atoms with E-state index in [1.54, 1.807) is 19.5 Å². The van der Waals surface area contributed by atoms with E-state index in [0.29, 0.717) is 12.1 Å². The number of rotatable bonds is 6. The van der Waals surface area contributed by atoms with Crippen LogP contribution in [0.1, 0.15) is 36.0 Å². The second kappa shape index (κ2) is 8.34. The molecule has 1 atom stereocenters. The fourth-order valence-corrected chi connectivity index (χ4v) is 4.50. The summed E-state index contributed by atoms with van der Waals surface area (Å²) in [5, 5.41) is 10.0. The highest BCUT2D eigenvalue weighted by molar-refractivity contribution is 5.94. The SMILES string of the molecule is COCCCN1CCC2(CC1)CCN(C(=O)c1cc[nH]c1)C[C@@H]2CO. The largest absolute Gasteiger partial charge is 0.396 e. The predicted molar refractivity (Wildman–Crippen MR) is 96.5 cm³/mol. The molecule has 2 aliphatic heterocycles. The summed E-state index contributed by atoms with van der Waals surface area (Å²) in [6.45, 7) is 5.72. The number of hydrogen-bond donors (Lipinski definition) is 2. The normalized spacial score (nSPS) is 23.9. The number of methoxy groups -OCH3 is 1. The zero-order chi connectivity index (χ0) is 17.7. The standard InChI is InChI=1S/C19H31N3O3/c1-25-12-2-8-21-9-4-19(5-10-21)6-11-22(14-17(19)15-23)18(24)16-3-7-20-13-16/h3,7,13,17,20,23H,2,4-6,8-12,14-15H2,1H3/t17-/m1/s1. The lowest BCUT2D eigenvalue weighted by Gasteiger charge is -2.51. The quantitative estimate of drug-likeness (QED) is 0.765. The van der Waals surface area contributed by atoms with Crippen molar-refractivity contribution in [3.05, 3.63) is 24.0 Å². The molecular weight excluding hydrogens is 318 g/mol. The lowest BCUT2D eigenvalue weighted by Crippen LogP contribution is -2.54. The Labute approximate surface area is 150 Å². The lowest BCUT2D eigenvalue weighted by atomic mass is 9.64. The summed E-state index contributed by atoms with van der Waals surface area (Å²) in [6.07, 6.45) is 7.85. The van der Waals surface area contributed by atoms with Gasteiger partial charge in [0.2, 0.25) is 0 Å². The molecule has 1 amide bonds. The maximum atomic E-state index is 12.6. The molecule has 2 fully saturated rings. The first kappa shape index (κ1) is 18.4. The molecule has 140 valence electrons. The number of carbonyl (C=O) groups is 1. The van der Waals surface area contributed by atoms with Gasteiger partial charge in [-0.1, -0.05) is 0 Å². The first-order chi connectivity index (χ1) is 12.2. The lowest BCUT2D eigenvalue weighted by molar-refractivity contribution is -0.0358. The molecule has 1 spiro atoms. The van der Waals surface area contributed by atoms with Crippen LogP contribution >= 0.6 is 0 Å². The first-order valence-electron chi connectivity index (χ1n) is 9.43. The van der Waals surface area contributed by atoms with E-state index < -0.39 is 0 Å². The molecule has 6 nitrogen and oxygen atoms in total. The number of piperidine rings is 2. The van der Waals surface area contributed by atoms with E-state index >= 15 is 0 Å². The Hall–Kier alpha value is -1.37. The van der Waals surface area contributed by atoms with Crippen LogP contribution in [-0.4, -0.2) is 78.8 Å². The zero-order valence-corrected chi connectivity index (χ0v) is 15.2. The van der Waals surface area contributed by atoms with E-state index in [0.717, 1.165) is 58.5 Å². The van der Waals surface area contributed by atoms with Gasteiger partial charge in [0.25, 0.3) is 5.91 Å². The average molecular weight is 349 g/mol. The number of aliphatic hydroxyl groups is 1. The number of amides is 1. The van der Waals surface area contributed by atoms with E-state index in [1.807, 2.05) is 11.0 Å². The molecule has 1 aromatic rings. The summed E-state index contributed by atoms with van der Waals surface area (Å²) in [7, 11) is 1.75. The monoisotopic (exact) mass is 349 g/mol. The van der Waals surface area contributed by atoms with Crippen LogP contribution in [0, 0.1) is 11.3 Å². The Morgan fingerprint density at radius 3 is 2.76 bits per heavy atom. The van der Waals surface area contributed by atoms with Crippen molar-refractivity contribution in [1.82, 2.24) is 14.8 Å². The number of nitrogens with zero attached hydrogens (tertiary/aromatic N) is 2. The summed E-state index contributed by atoms with van der Waals surface area (Å²) < 4.78 is 5.14.